The number of benzene rings is 1. The Kier molecular flexibility index (Phi) is 6.48. The van der Waals surface area contributed by atoms with Crippen LogP contribution in [-0.2, 0) is 0 Å². The Labute approximate surface area is 151 Å². The van der Waals surface area contributed by atoms with Gasteiger partial charge in [-0.2, -0.15) is 0 Å². The molecular weight excluding hydrogens is 346 g/mol. The molecule has 0 bridgehead atoms. The summed E-state index contributed by atoms with van der Waals surface area (Å²) in [7, 11) is 5.54. The highest BCUT2D eigenvalue weighted by molar-refractivity contribution is 7.10. The van der Waals surface area contributed by atoms with Crippen molar-refractivity contribution in [3.63, 3.8) is 0 Å². The van der Waals surface area contributed by atoms with Gasteiger partial charge in [0.05, 0.1) is 18.8 Å². The molecule has 1 aromatic carbocycles. The van der Waals surface area contributed by atoms with E-state index >= 15 is 0 Å². The van der Waals surface area contributed by atoms with Crippen molar-refractivity contribution in [3.05, 3.63) is 45.1 Å². The highest BCUT2D eigenvalue weighted by atomic mass is 35.5. The average molecular weight is 368 g/mol. The van der Waals surface area contributed by atoms with Crippen LogP contribution >= 0.6 is 22.9 Å². The molecule has 0 aliphatic carbocycles. The number of ether oxygens (including phenoxy) is 1. The highest BCUT2D eigenvalue weighted by Gasteiger charge is 2.17. The molecule has 5 nitrogen and oxygen atoms in total. The number of nitrogens with one attached hydrogen (secondary N) is 2. The summed E-state index contributed by atoms with van der Waals surface area (Å²) < 4.78 is 5.27. The summed E-state index contributed by atoms with van der Waals surface area (Å²) in [5, 5.41) is 8.37. The van der Waals surface area contributed by atoms with Crippen LogP contribution in [0.25, 0.3) is 0 Å². The molecule has 0 radical (unpaired) electrons. The Morgan fingerprint density at radius 3 is 2.75 bits per heavy atom. The summed E-state index contributed by atoms with van der Waals surface area (Å²) in [5.74, 6) is 0.531. The van der Waals surface area contributed by atoms with Crippen LogP contribution in [0.1, 0.15) is 16.5 Å². The van der Waals surface area contributed by atoms with E-state index in [1.165, 1.54) is 4.88 Å². The number of urea groups is 1. The smallest absolute Gasteiger partial charge is 0.319 e. The van der Waals surface area contributed by atoms with E-state index in [0.29, 0.717) is 23.0 Å². The predicted molar refractivity (Wildman–Crippen MR) is 101 cm³/mol. The molecule has 1 aromatic heterocycles. The summed E-state index contributed by atoms with van der Waals surface area (Å²) in [6, 6.07) is 7.42. The summed E-state index contributed by atoms with van der Waals surface area (Å²) >= 11 is 7.76. The van der Waals surface area contributed by atoms with E-state index in [4.69, 9.17) is 16.3 Å². The van der Waals surface area contributed by atoms with Gasteiger partial charge in [-0.1, -0.05) is 17.7 Å². The number of likely N-dealkylation sites (N-methyl/N-ethyl adjacent to an activating group) is 1. The van der Waals surface area contributed by atoms with E-state index < -0.39 is 0 Å². The molecule has 2 N–H and O–H groups in total. The first kappa shape index (κ1) is 18.6. The van der Waals surface area contributed by atoms with Gasteiger partial charge in [-0.15, -0.1) is 11.3 Å². The lowest BCUT2D eigenvalue weighted by Crippen LogP contribution is -2.36. The molecule has 0 unspecified atom stereocenters. The normalized spacial score (nSPS) is 12.1. The number of aryl methyl sites for hydroxylation is 1. The zero-order chi connectivity index (χ0) is 17.7. The van der Waals surface area contributed by atoms with Gasteiger partial charge in [0.2, 0.25) is 0 Å². The summed E-state index contributed by atoms with van der Waals surface area (Å²) in [6.07, 6.45) is 0. The van der Waals surface area contributed by atoms with Crippen molar-refractivity contribution < 1.29 is 9.53 Å². The molecule has 1 atom stereocenters. The maximum atomic E-state index is 12.2. The number of halogens is 1. The quantitative estimate of drug-likeness (QED) is 0.806. The fourth-order valence-electron chi connectivity index (χ4n) is 2.30. The van der Waals surface area contributed by atoms with E-state index in [9.17, 15) is 4.79 Å². The molecule has 0 spiro atoms. The molecule has 7 heteroatoms. The predicted octanol–water partition coefficient (Wildman–Crippen LogP) is 4.14. The second-order valence-corrected chi connectivity index (χ2v) is 7.02. The van der Waals surface area contributed by atoms with Crippen LogP contribution in [0, 0.1) is 6.92 Å². The molecule has 2 aromatic rings. The molecule has 0 aliphatic heterocycles. The lowest BCUT2D eigenvalue weighted by Gasteiger charge is -2.23. The standard InChI is InChI=1S/C17H22ClN3O2S/c1-11-8-13(15(23-4)9-12(11)18)20-17(22)19-10-14(21(2)3)16-6-5-7-24-16/h5-9,14H,10H2,1-4H3,(H2,19,20,22)/t14-/m0/s1. The van der Waals surface area contributed by atoms with E-state index in [0.717, 1.165) is 5.56 Å². The Morgan fingerprint density at radius 2 is 2.17 bits per heavy atom. The van der Waals surface area contributed by atoms with Crippen LogP contribution in [0.2, 0.25) is 5.02 Å². The van der Waals surface area contributed by atoms with E-state index in [1.54, 1.807) is 30.6 Å². The second kappa shape index (κ2) is 8.37. The molecule has 0 fully saturated rings. The minimum atomic E-state index is -0.279. The molecule has 2 amide bonds. The van der Waals surface area contributed by atoms with Crippen LogP contribution in [-0.4, -0.2) is 38.7 Å². The first-order valence-electron chi connectivity index (χ1n) is 7.51. The van der Waals surface area contributed by atoms with Crippen LogP contribution in [0.3, 0.4) is 0 Å². The van der Waals surface area contributed by atoms with Crippen LogP contribution < -0.4 is 15.4 Å². The third-order valence-corrected chi connectivity index (χ3v) is 5.06. The van der Waals surface area contributed by atoms with Gasteiger partial charge in [0.25, 0.3) is 0 Å². The lowest BCUT2D eigenvalue weighted by atomic mass is 10.2. The summed E-state index contributed by atoms with van der Waals surface area (Å²) in [4.78, 5) is 15.5. The van der Waals surface area contributed by atoms with Crippen molar-refractivity contribution in [1.29, 1.82) is 0 Å². The van der Waals surface area contributed by atoms with E-state index in [2.05, 4.69) is 21.6 Å². The Bertz CT molecular complexity index is 689. The largest absolute Gasteiger partial charge is 0.495 e. The van der Waals surface area contributed by atoms with Crippen molar-refractivity contribution in [1.82, 2.24) is 10.2 Å². The molecule has 0 saturated heterocycles. The van der Waals surface area contributed by atoms with Crippen molar-refractivity contribution >= 4 is 34.7 Å². The van der Waals surface area contributed by atoms with Crippen LogP contribution in [0.4, 0.5) is 10.5 Å². The monoisotopic (exact) mass is 367 g/mol. The van der Waals surface area contributed by atoms with Gasteiger partial charge >= 0.3 is 6.03 Å². The topological polar surface area (TPSA) is 53.6 Å². The van der Waals surface area contributed by atoms with Crippen molar-refractivity contribution in [2.45, 2.75) is 13.0 Å². The first-order valence-corrected chi connectivity index (χ1v) is 8.77. The van der Waals surface area contributed by atoms with Gasteiger partial charge in [-0.3, -0.25) is 0 Å². The van der Waals surface area contributed by atoms with Gasteiger partial charge in [0.15, 0.2) is 0 Å². The van der Waals surface area contributed by atoms with Gasteiger partial charge in [0.1, 0.15) is 5.75 Å². The number of rotatable bonds is 6. The average Bonchev–Trinajstić information content (AvgIpc) is 3.04. The molecule has 130 valence electrons. The van der Waals surface area contributed by atoms with Crippen LogP contribution in [0.15, 0.2) is 29.6 Å². The number of carbonyl (C=O) groups is 1. The molecule has 24 heavy (non-hydrogen) atoms. The SMILES string of the molecule is COc1cc(Cl)c(C)cc1NC(=O)NC[C@@H](c1cccs1)N(C)C. The number of thiophene rings is 1. The maximum Gasteiger partial charge on any atom is 0.319 e. The third-order valence-electron chi connectivity index (χ3n) is 3.68. The first-order chi connectivity index (χ1) is 11.4. The van der Waals surface area contributed by atoms with Crippen LogP contribution in [0.5, 0.6) is 5.75 Å². The van der Waals surface area contributed by atoms with E-state index in [-0.39, 0.29) is 12.1 Å². The van der Waals surface area contributed by atoms with E-state index in [1.807, 2.05) is 32.5 Å². The summed E-state index contributed by atoms with van der Waals surface area (Å²) in [5.41, 5.74) is 1.46. The van der Waals surface area contributed by atoms with Crippen molar-refractivity contribution in [2.24, 2.45) is 0 Å². The van der Waals surface area contributed by atoms with Gasteiger partial charge in [-0.25, -0.2) is 4.79 Å². The Balaban J connectivity index is 2.02. The molecule has 0 saturated carbocycles. The number of hydrogen-bond acceptors (Lipinski definition) is 4. The minimum absolute atomic E-state index is 0.129. The zero-order valence-electron chi connectivity index (χ0n) is 14.2. The fourth-order valence-corrected chi connectivity index (χ4v) is 3.38. The molecule has 0 aliphatic rings. The maximum absolute atomic E-state index is 12.2. The van der Waals surface area contributed by atoms with Gasteiger partial charge in [-0.05, 0) is 44.1 Å². The highest BCUT2D eigenvalue weighted by Crippen LogP contribution is 2.31. The molecular formula is C17H22ClN3O2S. The minimum Gasteiger partial charge on any atom is -0.495 e. The number of nitrogens with zero attached hydrogens (tertiary/aromatic N) is 1. The van der Waals surface area contributed by atoms with Crippen molar-refractivity contribution in [3.8, 4) is 5.75 Å². The van der Waals surface area contributed by atoms with Gasteiger partial charge < -0.3 is 20.3 Å². The molecule has 1 heterocycles. The number of hydrogen-bond donors (Lipinski definition) is 2. The number of methoxy groups -OCH3 is 1. The summed E-state index contributed by atoms with van der Waals surface area (Å²) in [6.45, 7) is 2.39. The van der Waals surface area contributed by atoms with Crippen molar-refractivity contribution in [2.75, 3.05) is 33.1 Å². The molecule has 2 rings (SSSR count). The number of carbonyl (C=O) groups excluding carboxylic acids is 1. The second-order valence-electron chi connectivity index (χ2n) is 5.63. The van der Waals surface area contributed by atoms with Gasteiger partial charge in [0, 0.05) is 22.5 Å². The fraction of sp³-hybridized carbons (Fsp3) is 0.353. The lowest BCUT2D eigenvalue weighted by molar-refractivity contribution is 0.244. The Morgan fingerprint density at radius 1 is 1.42 bits per heavy atom. The number of amides is 2. The Hall–Kier alpha value is -1.76. The zero-order valence-corrected chi connectivity index (χ0v) is 15.8. The third kappa shape index (κ3) is 4.63. The number of anilines is 1.